The fourth-order valence-corrected chi connectivity index (χ4v) is 9.14. The third kappa shape index (κ3) is 3.45. The second-order valence-electron chi connectivity index (χ2n) is 12.8. The Kier molecular flexibility index (Phi) is 5.72. The molecule has 4 N–H and O–H groups in total. The molecule has 196 valence electrons. The Morgan fingerprint density at radius 1 is 0.943 bits per heavy atom. The second kappa shape index (κ2) is 7.97. The highest BCUT2D eigenvalue weighted by atomic mass is 16.7. The molecule has 4 saturated carbocycles. The fraction of sp³-hybridized carbons (Fsp3) is 0.885. The Balaban J connectivity index is 1.39. The first-order valence-corrected chi connectivity index (χ1v) is 12.9. The molecule has 0 aromatic rings. The number of carboxylic acids is 1. The SMILES string of the molecule is C[C@]12CC[C@H]3[C@](CC[C@@H]4[C@]3(C)CCC[C@]4(C)C(=O)OC3OC(C(=O)O)C(O)C(O)C3O)(CC1=O)C2. The van der Waals surface area contributed by atoms with Gasteiger partial charge < -0.3 is 29.9 Å². The highest BCUT2D eigenvalue weighted by Gasteiger charge is 2.68. The van der Waals surface area contributed by atoms with Crippen LogP contribution in [0, 0.1) is 33.5 Å². The summed E-state index contributed by atoms with van der Waals surface area (Å²) in [5.74, 6) is -1.35. The molecule has 1 heterocycles. The largest absolute Gasteiger partial charge is 0.479 e. The lowest BCUT2D eigenvalue weighted by molar-refractivity contribution is -0.292. The fourth-order valence-electron chi connectivity index (χ4n) is 9.14. The minimum absolute atomic E-state index is 0.00905. The molecule has 5 rings (SSSR count). The Morgan fingerprint density at radius 3 is 2.31 bits per heavy atom. The highest BCUT2D eigenvalue weighted by molar-refractivity contribution is 5.88. The van der Waals surface area contributed by atoms with Crippen molar-refractivity contribution in [3.63, 3.8) is 0 Å². The average molecular weight is 495 g/mol. The van der Waals surface area contributed by atoms with Gasteiger partial charge in [0.15, 0.2) is 6.10 Å². The Hall–Kier alpha value is -1.55. The number of carbonyl (C=O) groups excluding carboxylic acids is 2. The third-order valence-electron chi connectivity index (χ3n) is 10.9. The predicted molar refractivity (Wildman–Crippen MR) is 121 cm³/mol. The minimum atomic E-state index is -1.84. The molecule has 1 aliphatic heterocycles. The number of fused-ring (bicyclic) bond motifs is 3. The van der Waals surface area contributed by atoms with E-state index in [1.54, 1.807) is 0 Å². The number of ketones is 1. The molecular weight excluding hydrogens is 456 g/mol. The van der Waals surface area contributed by atoms with Crippen LogP contribution in [0.3, 0.4) is 0 Å². The molecule has 0 aromatic heterocycles. The molecule has 4 aliphatic carbocycles. The Morgan fingerprint density at radius 2 is 1.63 bits per heavy atom. The summed E-state index contributed by atoms with van der Waals surface area (Å²) in [7, 11) is 0. The summed E-state index contributed by atoms with van der Waals surface area (Å²) in [6, 6.07) is 0. The van der Waals surface area contributed by atoms with Gasteiger partial charge in [0.05, 0.1) is 5.41 Å². The quantitative estimate of drug-likeness (QED) is 0.431. The lowest BCUT2D eigenvalue weighted by atomic mass is 9.40. The topological polar surface area (TPSA) is 151 Å². The molecule has 0 aromatic carbocycles. The average Bonchev–Trinajstić information content (AvgIpc) is 2.96. The first kappa shape index (κ1) is 25.1. The van der Waals surface area contributed by atoms with Gasteiger partial charge >= 0.3 is 11.9 Å². The van der Waals surface area contributed by atoms with Crippen LogP contribution in [0.5, 0.6) is 0 Å². The van der Waals surface area contributed by atoms with Gasteiger partial charge in [0.25, 0.3) is 0 Å². The molecule has 35 heavy (non-hydrogen) atoms. The van der Waals surface area contributed by atoms with Crippen LogP contribution in [-0.2, 0) is 23.9 Å². The van der Waals surface area contributed by atoms with Gasteiger partial charge in [-0.1, -0.05) is 20.3 Å². The third-order valence-corrected chi connectivity index (χ3v) is 10.9. The van der Waals surface area contributed by atoms with Crippen molar-refractivity contribution >= 4 is 17.7 Å². The summed E-state index contributed by atoms with van der Waals surface area (Å²) < 4.78 is 10.8. The summed E-state index contributed by atoms with van der Waals surface area (Å²) in [5.41, 5.74) is -1.21. The van der Waals surface area contributed by atoms with E-state index in [9.17, 15) is 34.8 Å². The number of hydrogen-bond acceptors (Lipinski definition) is 8. The zero-order chi connectivity index (χ0) is 25.6. The van der Waals surface area contributed by atoms with E-state index in [2.05, 4.69) is 13.8 Å². The number of aliphatic hydroxyl groups excluding tert-OH is 3. The number of esters is 1. The van der Waals surface area contributed by atoms with Gasteiger partial charge in [-0.3, -0.25) is 9.59 Å². The van der Waals surface area contributed by atoms with E-state index < -0.39 is 48.1 Å². The van der Waals surface area contributed by atoms with Gasteiger partial charge in [-0.2, -0.15) is 0 Å². The molecule has 5 aliphatic rings. The molecule has 11 atom stereocenters. The van der Waals surface area contributed by atoms with Gasteiger partial charge in [0.1, 0.15) is 24.1 Å². The van der Waals surface area contributed by atoms with Crippen LogP contribution in [0.2, 0.25) is 0 Å². The van der Waals surface area contributed by atoms with Gasteiger partial charge in [-0.25, -0.2) is 4.79 Å². The number of hydrogen-bond donors (Lipinski definition) is 4. The molecule has 0 amide bonds. The van der Waals surface area contributed by atoms with Crippen molar-refractivity contribution in [3.8, 4) is 0 Å². The van der Waals surface area contributed by atoms with Crippen LogP contribution in [-0.4, -0.2) is 68.9 Å². The summed E-state index contributed by atoms with van der Waals surface area (Å²) in [6.07, 6.45) is -1.40. The Labute approximate surface area is 205 Å². The molecule has 9 nitrogen and oxygen atoms in total. The number of rotatable bonds is 3. The molecule has 5 fully saturated rings. The van der Waals surface area contributed by atoms with Crippen LogP contribution in [0.4, 0.5) is 0 Å². The molecule has 0 radical (unpaired) electrons. The van der Waals surface area contributed by atoms with E-state index in [4.69, 9.17) is 9.47 Å². The van der Waals surface area contributed by atoms with Crippen molar-refractivity contribution in [2.75, 3.05) is 0 Å². The van der Waals surface area contributed by atoms with Crippen molar-refractivity contribution in [1.29, 1.82) is 0 Å². The number of aliphatic carboxylic acids is 1. The van der Waals surface area contributed by atoms with Gasteiger partial charge in [-0.05, 0) is 74.5 Å². The first-order valence-electron chi connectivity index (χ1n) is 12.9. The summed E-state index contributed by atoms with van der Waals surface area (Å²) >= 11 is 0. The van der Waals surface area contributed by atoms with Crippen LogP contribution in [0.1, 0.15) is 78.6 Å². The number of aliphatic hydroxyl groups is 3. The highest BCUT2D eigenvalue weighted by Crippen LogP contribution is 2.73. The Bertz CT molecular complexity index is 936. The minimum Gasteiger partial charge on any atom is -0.479 e. The number of carboxylic acid groups (broad SMARTS) is 1. The standard InChI is InChI=1S/C26H38O9/c1-23-9-5-14-24(2)7-4-8-25(3,13(24)6-10-26(14,12-23)11-15(23)27)22(33)35-21-18(30)16(28)17(29)19(34-21)20(31)32/h13-14,16-19,21,28-30H,4-12H2,1-3H3,(H,31,32)/t13-,14-,16?,17?,18?,19?,21?,23-,24+,25+,26-/m1/s1. The molecule has 1 saturated heterocycles. The van der Waals surface area contributed by atoms with Crippen LogP contribution in [0.15, 0.2) is 0 Å². The van der Waals surface area contributed by atoms with E-state index >= 15 is 0 Å². The monoisotopic (exact) mass is 494 g/mol. The summed E-state index contributed by atoms with van der Waals surface area (Å²) in [4.78, 5) is 38.0. The molecule has 9 heteroatoms. The summed E-state index contributed by atoms with van der Waals surface area (Å²) in [6.45, 7) is 6.27. The van der Waals surface area contributed by atoms with Crippen molar-refractivity contribution < 1.29 is 44.3 Å². The van der Waals surface area contributed by atoms with Crippen molar-refractivity contribution in [2.24, 2.45) is 33.5 Å². The van der Waals surface area contributed by atoms with Crippen LogP contribution < -0.4 is 0 Å². The maximum atomic E-state index is 13.7. The lowest BCUT2D eigenvalue weighted by Gasteiger charge is -2.64. The van der Waals surface area contributed by atoms with E-state index in [-0.39, 0.29) is 22.2 Å². The predicted octanol–water partition coefficient (Wildman–Crippen LogP) is 1.79. The lowest BCUT2D eigenvalue weighted by Crippen LogP contribution is -2.62. The van der Waals surface area contributed by atoms with Crippen molar-refractivity contribution in [1.82, 2.24) is 0 Å². The molecular formula is C26H38O9. The number of carbonyl (C=O) groups is 3. The summed E-state index contributed by atoms with van der Waals surface area (Å²) in [5, 5.41) is 39.7. The van der Waals surface area contributed by atoms with Crippen LogP contribution in [0.25, 0.3) is 0 Å². The van der Waals surface area contributed by atoms with Crippen molar-refractivity contribution in [3.05, 3.63) is 0 Å². The smallest absolute Gasteiger partial charge is 0.335 e. The van der Waals surface area contributed by atoms with Crippen molar-refractivity contribution in [2.45, 2.75) is 109 Å². The normalized spacial score (nSPS) is 53.4. The zero-order valence-electron chi connectivity index (χ0n) is 20.7. The first-order chi connectivity index (χ1) is 16.3. The van der Waals surface area contributed by atoms with Gasteiger partial charge in [0.2, 0.25) is 6.29 Å². The molecule has 5 unspecified atom stereocenters. The second-order valence-corrected chi connectivity index (χ2v) is 12.8. The molecule has 2 bridgehead atoms. The van der Waals surface area contributed by atoms with E-state index in [1.807, 2.05) is 6.92 Å². The van der Waals surface area contributed by atoms with Crippen LogP contribution >= 0.6 is 0 Å². The van der Waals surface area contributed by atoms with E-state index in [0.29, 0.717) is 24.5 Å². The van der Waals surface area contributed by atoms with Gasteiger partial charge in [0, 0.05) is 11.8 Å². The maximum absolute atomic E-state index is 13.7. The number of ether oxygens (including phenoxy) is 2. The maximum Gasteiger partial charge on any atom is 0.335 e. The van der Waals surface area contributed by atoms with E-state index in [1.165, 1.54) is 0 Å². The molecule has 1 spiro atoms. The number of Topliss-reactive ketones (excluding diaryl/α,β-unsaturated/α-hetero) is 1. The van der Waals surface area contributed by atoms with E-state index in [0.717, 1.165) is 44.9 Å². The van der Waals surface area contributed by atoms with Gasteiger partial charge in [-0.15, -0.1) is 0 Å². The zero-order valence-corrected chi connectivity index (χ0v) is 20.7.